The molecule has 10 heteroatoms. The van der Waals surface area contributed by atoms with Crippen molar-refractivity contribution in [2.45, 2.75) is 4.90 Å². The Hall–Kier alpha value is -2.35. The highest BCUT2D eigenvalue weighted by Crippen LogP contribution is 2.33. The fraction of sp³-hybridized carbons (Fsp3) is 0.529. The summed E-state index contributed by atoms with van der Waals surface area (Å²) in [5.41, 5.74) is 0. The number of rotatable bonds is 5. The SMILES string of the molecule is CN(CC#N)CC(=O)N1CCN(S(=O)(=O)c2ccc3c(c2)OCCO3)CC1. The van der Waals surface area contributed by atoms with Crippen LogP contribution in [0.3, 0.4) is 0 Å². The highest BCUT2D eigenvalue weighted by molar-refractivity contribution is 7.89. The van der Waals surface area contributed by atoms with E-state index < -0.39 is 10.0 Å². The summed E-state index contributed by atoms with van der Waals surface area (Å²) in [6, 6.07) is 6.59. The van der Waals surface area contributed by atoms with Crippen molar-refractivity contribution < 1.29 is 22.7 Å². The van der Waals surface area contributed by atoms with Crippen molar-refractivity contribution in [1.29, 1.82) is 5.26 Å². The van der Waals surface area contributed by atoms with Gasteiger partial charge >= 0.3 is 0 Å². The summed E-state index contributed by atoms with van der Waals surface area (Å²) in [6.07, 6.45) is 0. The molecule has 9 nitrogen and oxygen atoms in total. The number of carbonyl (C=O) groups excluding carboxylic acids is 1. The maximum atomic E-state index is 12.9. The summed E-state index contributed by atoms with van der Waals surface area (Å²) in [5.74, 6) is 0.859. The van der Waals surface area contributed by atoms with E-state index in [9.17, 15) is 13.2 Å². The van der Waals surface area contributed by atoms with E-state index in [1.165, 1.54) is 16.4 Å². The molecule has 146 valence electrons. The number of nitrogens with zero attached hydrogens (tertiary/aromatic N) is 4. The lowest BCUT2D eigenvalue weighted by Gasteiger charge is -2.34. The Balaban J connectivity index is 1.63. The van der Waals surface area contributed by atoms with Gasteiger partial charge in [0.25, 0.3) is 0 Å². The van der Waals surface area contributed by atoms with E-state index in [2.05, 4.69) is 0 Å². The number of likely N-dealkylation sites (N-methyl/N-ethyl adjacent to an activating group) is 1. The van der Waals surface area contributed by atoms with Gasteiger partial charge in [0.15, 0.2) is 11.5 Å². The molecule has 0 aliphatic carbocycles. The maximum absolute atomic E-state index is 12.9. The number of ether oxygens (including phenoxy) is 2. The molecular weight excluding hydrogens is 372 g/mol. The van der Waals surface area contributed by atoms with Crippen LogP contribution in [0.4, 0.5) is 0 Å². The van der Waals surface area contributed by atoms with Gasteiger partial charge in [0.1, 0.15) is 13.2 Å². The van der Waals surface area contributed by atoms with E-state index in [4.69, 9.17) is 14.7 Å². The van der Waals surface area contributed by atoms with Gasteiger partial charge in [-0.3, -0.25) is 9.69 Å². The molecule has 0 aromatic heterocycles. The minimum atomic E-state index is -3.67. The van der Waals surface area contributed by atoms with E-state index >= 15 is 0 Å². The van der Waals surface area contributed by atoms with Crippen LogP contribution in [-0.2, 0) is 14.8 Å². The zero-order valence-electron chi connectivity index (χ0n) is 15.1. The molecule has 0 unspecified atom stereocenters. The molecule has 0 radical (unpaired) electrons. The second kappa shape index (κ2) is 8.12. The van der Waals surface area contributed by atoms with Gasteiger partial charge in [-0.2, -0.15) is 9.57 Å². The van der Waals surface area contributed by atoms with Crippen LogP contribution in [0.1, 0.15) is 0 Å². The molecule has 1 saturated heterocycles. The first-order valence-corrected chi connectivity index (χ1v) is 10.1. The molecule has 2 aliphatic rings. The molecule has 2 aliphatic heterocycles. The minimum Gasteiger partial charge on any atom is -0.486 e. The molecule has 0 spiro atoms. The van der Waals surface area contributed by atoms with Crippen LogP contribution in [0.25, 0.3) is 0 Å². The lowest BCUT2D eigenvalue weighted by atomic mass is 10.3. The monoisotopic (exact) mass is 394 g/mol. The van der Waals surface area contributed by atoms with Crippen LogP contribution in [0.15, 0.2) is 23.1 Å². The molecule has 1 aromatic carbocycles. The maximum Gasteiger partial charge on any atom is 0.243 e. The van der Waals surface area contributed by atoms with Crippen LogP contribution >= 0.6 is 0 Å². The van der Waals surface area contributed by atoms with Gasteiger partial charge in [-0.05, 0) is 19.2 Å². The van der Waals surface area contributed by atoms with Gasteiger partial charge < -0.3 is 14.4 Å². The normalized spacial score (nSPS) is 17.6. The summed E-state index contributed by atoms with van der Waals surface area (Å²) >= 11 is 0. The second-order valence-electron chi connectivity index (χ2n) is 6.42. The van der Waals surface area contributed by atoms with Crippen molar-refractivity contribution >= 4 is 15.9 Å². The van der Waals surface area contributed by atoms with E-state index in [1.807, 2.05) is 6.07 Å². The Bertz CT molecular complexity index is 843. The average Bonchev–Trinajstić information content (AvgIpc) is 2.67. The smallest absolute Gasteiger partial charge is 0.243 e. The first-order chi connectivity index (χ1) is 12.9. The highest BCUT2D eigenvalue weighted by atomic mass is 32.2. The number of amides is 1. The van der Waals surface area contributed by atoms with Gasteiger partial charge in [0.2, 0.25) is 15.9 Å². The molecule has 1 amide bonds. The van der Waals surface area contributed by atoms with Crippen molar-refractivity contribution in [3.05, 3.63) is 18.2 Å². The van der Waals surface area contributed by atoms with E-state index in [0.29, 0.717) is 37.8 Å². The molecule has 3 rings (SSSR count). The van der Waals surface area contributed by atoms with Gasteiger partial charge in [0, 0.05) is 32.2 Å². The quantitative estimate of drug-likeness (QED) is 0.634. The molecule has 0 saturated carbocycles. The number of piperazine rings is 1. The predicted octanol–water partition coefficient (Wildman–Crippen LogP) is -0.254. The van der Waals surface area contributed by atoms with Crippen molar-refractivity contribution in [1.82, 2.24) is 14.1 Å². The van der Waals surface area contributed by atoms with Gasteiger partial charge in [-0.25, -0.2) is 8.42 Å². The molecule has 1 fully saturated rings. The fourth-order valence-corrected chi connectivity index (χ4v) is 4.46. The molecule has 1 aromatic rings. The van der Waals surface area contributed by atoms with E-state index in [0.717, 1.165) is 0 Å². The largest absolute Gasteiger partial charge is 0.486 e. The number of sulfonamides is 1. The van der Waals surface area contributed by atoms with Crippen LogP contribution in [0, 0.1) is 11.3 Å². The number of hydrogen-bond donors (Lipinski definition) is 0. The third kappa shape index (κ3) is 4.32. The van der Waals surface area contributed by atoms with Crippen LogP contribution in [0.2, 0.25) is 0 Å². The summed E-state index contributed by atoms with van der Waals surface area (Å²) < 4.78 is 38.1. The highest BCUT2D eigenvalue weighted by Gasteiger charge is 2.31. The fourth-order valence-electron chi connectivity index (χ4n) is 3.02. The van der Waals surface area contributed by atoms with Crippen molar-refractivity contribution in [3.8, 4) is 17.6 Å². The van der Waals surface area contributed by atoms with Crippen molar-refractivity contribution in [2.75, 3.05) is 59.5 Å². The van der Waals surface area contributed by atoms with Gasteiger partial charge in [-0.15, -0.1) is 0 Å². The lowest BCUT2D eigenvalue weighted by Crippen LogP contribution is -2.52. The first kappa shape index (κ1) is 19.4. The van der Waals surface area contributed by atoms with E-state index in [-0.39, 0.29) is 37.0 Å². The molecular formula is C17H22N4O5S. The number of nitriles is 1. The summed E-state index contributed by atoms with van der Waals surface area (Å²) in [4.78, 5) is 15.7. The molecule has 0 bridgehead atoms. The Morgan fingerprint density at radius 1 is 1.19 bits per heavy atom. The van der Waals surface area contributed by atoms with Gasteiger partial charge in [-0.1, -0.05) is 0 Å². The predicted molar refractivity (Wildman–Crippen MR) is 95.9 cm³/mol. The number of hydrogen-bond acceptors (Lipinski definition) is 7. The molecule has 2 heterocycles. The zero-order chi connectivity index (χ0) is 19.4. The second-order valence-corrected chi connectivity index (χ2v) is 8.36. The van der Waals surface area contributed by atoms with Gasteiger partial charge in [0.05, 0.1) is 24.1 Å². The number of carbonyl (C=O) groups is 1. The summed E-state index contributed by atoms with van der Waals surface area (Å²) in [5, 5.41) is 8.66. The summed E-state index contributed by atoms with van der Waals surface area (Å²) in [7, 11) is -1.97. The Morgan fingerprint density at radius 2 is 1.85 bits per heavy atom. The third-order valence-electron chi connectivity index (χ3n) is 4.49. The standard InChI is InChI=1S/C17H22N4O5S/c1-19(5-4-18)13-17(22)20-6-8-21(9-7-20)27(23,24)14-2-3-15-16(12-14)26-11-10-25-15/h2-3,12H,5-11,13H2,1H3. The Labute approximate surface area is 158 Å². The number of fused-ring (bicyclic) bond motifs is 1. The lowest BCUT2D eigenvalue weighted by molar-refractivity contribution is -0.133. The van der Waals surface area contributed by atoms with Crippen molar-refractivity contribution in [3.63, 3.8) is 0 Å². The minimum absolute atomic E-state index is 0.107. The Morgan fingerprint density at radius 3 is 2.52 bits per heavy atom. The summed E-state index contributed by atoms with van der Waals surface area (Å²) in [6.45, 7) is 2.24. The molecule has 0 atom stereocenters. The van der Waals surface area contributed by atoms with Crippen LogP contribution < -0.4 is 9.47 Å². The topological polar surface area (TPSA) is 103 Å². The first-order valence-electron chi connectivity index (χ1n) is 8.65. The molecule has 0 N–H and O–H groups in total. The number of benzene rings is 1. The van der Waals surface area contributed by atoms with Crippen molar-refractivity contribution in [2.24, 2.45) is 0 Å². The van der Waals surface area contributed by atoms with E-state index in [1.54, 1.807) is 22.9 Å². The van der Waals surface area contributed by atoms with Crippen LogP contribution in [0.5, 0.6) is 11.5 Å². The Kier molecular flexibility index (Phi) is 5.84. The third-order valence-corrected chi connectivity index (χ3v) is 6.38. The average molecular weight is 394 g/mol. The zero-order valence-corrected chi connectivity index (χ0v) is 15.9. The van der Waals surface area contributed by atoms with Crippen LogP contribution in [-0.4, -0.2) is 88.0 Å². The molecule has 27 heavy (non-hydrogen) atoms.